The number of halogens is 1. The van der Waals surface area contributed by atoms with Gasteiger partial charge in [0.15, 0.2) is 0 Å². The van der Waals surface area contributed by atoms with Crippen molar-refractivity contribution in [1.29, 1.82) is 0 Å². The highest BCUT2D eigenvalue weighted by Gasteiger charge is 2.41. The molecule has 1 aliphatic rings. The molecule has 112 valence electrons. The summed E-state index contributed by atoms with van der Waals surface area (Å²) in [5.41, 5.74) is 0.689. The van der Waals surface area contributed by atoms with E-state index in [0.717, 1.165) is 4.90 Å². The van der Waals surface area contributed by atoms with Crippen molar-refractivity contribution in [2.75, 3.05) is 6.54 Å². The van der Waals surface area contributed by atoms with E-state index < -0.39 is 23.8 Å². The number of barbiturate groups is 1. The second-order valence-corrected chi connectivity index (χ2v) is 5.39. The summed E-state index contributed by atoms with van der Waals surface area (Å²) >= 11 is 0. The van der Waals surface area contributed by atoms with E-state index in [2.05, 4.69) is 5.32 Å². The van der Waals surface area contributed by atoms with E-state index in [1.807, 2.05) is 0 Å². The van der Waals surface area contributed by atoms with Crippen molar-refractivity contribution in [1.82, 2.24) is 10.2 Å². The number of rotatable bonds is 4. The number of hydrogen-bond acceptors (Lipinski definition) is 3. The molecule has 1 aromatic rings. The van der Waals surface area contributed by atoms with Crippen molar-refractivity contribution in [3.8, 4) is 0 Å². The molecular weight excluding hydrogens is 275 g/mol. The summed E-state index contributed by atoms with van der Waals surface area (Å²) in [6.07, 6.45) is 0.343. The molecule has 1 N–H and O–H groups in total. The van der Waals surface area contributed by atoms with Gasteiger partial charge in [0.1, 0.15) is 11.7 Å². The molecule has 0 aromatic heterocycles. The van der Waals surface area contributed by atoms with Crippen LogP contribution in [-0.2, 0) is 16.0 Å². The maximum Gasteiger partial charge on any atom is 0.330 e. The van der Waals surface area contributed by atoms with Crippen LogP contribution < -0.4 is 5.32 Å². The molecule has 4 amide bonds. The molecule has 6 heteroatoms. The summed E-state index contributed by atoms with van der Waals surface area (Å²) in [5.74, 6) is -2.45. The van der Waals surface area contributed by atoms with Gasteiger partial charge in [0.2, 0.25) is 11.8 Å². The van der Waals surface area contributed by atoms with Crippen LogP contribution in [0.1, 0.15) is 19.4 Å². The zero-order valence-corrected chi connectivity index (χ0v) is 11.9. The quantitative estimate of drug-likeness (QED) is 0.859. The Hall–Kier alpha value is -2.24. The first-order valence-electron chi connectivity index (χ1n) is 6.81. The lowest BCUT2D eigenvalue weighted by Gasteiger charge is -2.31. The number of benzene rings is 1. The number of nitrogens with zero attached hydrogens (tertiary/aromatic N) is 1. The maximum atomic E-state index is 13.1. The predicted octanol–water partition coefficient (Wildman–Crippen LogP) is 1.72. The average Bonchev–Trinajstić information content (AvgIpc) is 2.37. The molecule has 0 bridgehead atoms. The van der Waals surface area contributed by atoms with Crippen LogP contribution in [0.5, 0.6) is 0 Å². The smallest absolute Gasteiger partial charge is 0.277 e. The van der Waals surface area contributed by atoms with Gasteiger partial charge in [-0.1, -0.05) is 26.0 Å². The van der Waals surface area contributed by atoms with Crippen molar-refractivity contribution in [2.45, 2.75) is 20.3 Å². The lowest BCUT2D eigenvalue weighted by molar-refractivity contribution is -0.144. The predicted molar refractivity (Wildman–Crippen MR) is 73.7 cm³/mol. The first-order valence-corrected chi connectivity index (χ1v) is 6.81. The molecule has 1 atom stereocenters. The van der Waals surface area contributed by atoms with Crippen LogP contribution in [0.25, 0.3) is 0 Å². The van der Waals surface area contributed by atoms with Crippen LogP contribution in [0.4, 0.5) is 9.18 Å². The van der Waals surface area contributed by atoms with Crippen molar-refractivity contribution in [3.63, 3.8) is 0 Å². The number of carbonyl (C=O) groups excluding carboxylic acids is 3. The Morgan fingerprint density at radius 1 is 1.29 bits per heavy atom. The van der Waals surface area contributed by atoms with Crippen LogP contribution in [0.15, 0.2) is 24.3 Å². The van der Waals surface area contributed by atoms with E-state index in [9.17, 15) is 18.8 Å². The fourth-order valence-electron chi connectivity index (χ4n) is 2.36. The van der Waals surface area contributed by atoms with Crippen LogP contribution >= 0.6 is 0 Å². The summed E-state index contributed by atoms with van der Waals surface area (Å²) in [6.45, 7) is 3.62. The molecule has 0 spiro atoms. The van der Waals surface area contributed by atoms with Crippen molar-refractivity contribution >= 4 is 17.8 Å². The zero-order chi connectivity index (χ0) is 15.6. The van der Waals surface area contributed by atoms with E-state index in [0.29, 0.717) is 12.0 Å². The number of amides is 4. The van der Waals surface area contributed by atoms with E-state index in [-0.39, 0.29) is 18.3 Å². The monoisotopic (exact) mass is 292 g/mol. The maximum absolute atomic E-state index is 13.1. The van der Waals surface area contributed by atoms with Crippen LogP contribution in [0.3, 0.4) is 0 Å². The second kappa shape index (κ2) is 6.03. The van der Waals surface area contributed by atoms with Crippen LogP contribution in [0.2, 0.25) is 0 Å². The third kappa shape index (κ3) is 3.26. The van der Waals surface area contributed by atoms with E-state index in [1.54, 1.807) is 26.0 Å². The fraction of sp³-hybridized carbons (Fsp3) is 0.400. The number of carbonyl (C=O) groups is 3. The third-order valence-corrected chi connectivity index (χ3v) is 3.47. The molecule has 1 saturated heterocycles. The second-order valence-electron chi connectivity index (χ2n) is 5.39. The van der Waals surface area contributed by atoms with E-state index >= 15 is 0 Å². The van der Waals surface area contributed by atoms with Gasteiger partial charge in [-0.3, -0.25) is 19.8 Å². The molecule has 1 aliphatic heterocycles. The molecule has 0 radical (unpaired) electrons. The molecule has 2 rings (SSSR count). The Kier molecular flexibility index (Phi) is 4.35. The van der Waals surface area contributed by atoms with Gasteiger partial charge >= 0.3 is 6.03 Å². The first-order chi connectivity index (χ1) is 9.90. The largest absolute Gasteiger partial charge is 0.330 e. The van der Waals surface area contributed by atoms with E-state index in [4.69, 9.17) is 0 Å². The molecule has 1 fully saturated rings. The Morgan fingerprint density at radius 2 is 2.00 bits per heavy atom. The average molecular weight is 292 g/mol. The summed E-state index contributed by atoms with van der Waals surface area (Å²) in [7, 11) is 0. The standard InChI is InChI=1S/C15H17FN2O3/c1-9(2)12-13(19)17-15(21)18(14(12)20)7-6-10-4-3-5-11(16)8-10/h3-5,8-9,12H,6-7H2,1-2H3,(H,17,19,21). The van der Waals surface area contributed by atoms with Gasteiger partial charge in [0, 0.05) is 6.54 Å². The van der Waals surface area contributed by atoms with Crippen LogP contribution in [0, 0.1) is 17.7 Å². The highest BCUT2D eigenvalue weighted by atomic mass is 19.1. The zero-order valence-electron chi connectivity index (χ0n) is 11.9. The van der Waals surface area contributed by atoms with Gasteiger partial charge < -0.3 is 0 Å². The topological polar surface area (TPSA) is 66.5 Å². The van der Waals surface area contributed by atoms with Crippen molar-refractivity contribution in [2.24, 2.45) is 11.8 Å². The lowest BCUT2D eigenvalue weighted by atomic mass is 9.92. The Bertz CT molecular complexity index is 586. The van der Waals surface area contributed by atoms with Gasteiger partial charge in [-0.25, -0.2) is 9.18 Å². The lowest BCUT2D eigenvalue weighted by Crippen LogP contribution is -2.59. The van der Waals surface area contributed by atoms with Gasteiger partial charge in [-0.05, 0) is 30.0 Å². The molecule has 1 heterocycles. The van der Waals surface area contributed by atoms with Crippen molar-refractivity contribution in [3.05, 3.63) is 35.6 Å². The molecule has 21 heavy (non-hydrogen) atoms. The SMILES string of the molecule is CC(C)C1C(=O)NC(=O)N(CCc2cccc(F)c2)C1=O. The minimum absolute atomic E-state index is 0.116. The molecule has 5 nitrogen and oxygen atoms in total. The Morgan fingerprint density at radius 3 is 2.62 bits per heavy atom. The van der Waals surface area contributed by atoms with E-state index in [1.165, 1.54) is 12.1 Å². The number of urea groups is 1. The minimum Gasteiger partial charge on any atom is -0.277 e. The summed E-state index contributed by atoms with van der Waals surface area (Å²) in [5, 5.41) is 2.19. The normalized spacial score (nSPS) is 19.1. The highest BCUT2D eigenvalue weighted by molar-refractivity contribution is 6.16. The van der Waals surface area contributed by atoms with Gasteiger partial charge in [0.05, 0.1) is 0 Å². The minimum atomic E-state index is -0.852. The Balaban J connectivity index is 2.09. The molecular formula is C15H17FN2O3. The van der Waals surface area contributed by atoms with Gasteiger partial charge in [-0.15, -0.1) is 0 Å². The number of hydrogen-bond donors (Lipinski definition) is 1. The van der Waals surface area contributed by atoms with Crippen molar-refractivity contribution < 1.29 is 18.8 Å². The summed E-state index contributed by atoms with van der Waals surface area (Å²) in [6, 6.07) is 5.27. The highest BCUT2D eigenvalue weighted by Crippen LogP contribution is 2.19. The number of imide groups is 2. The Labute approximate surface area is 122 Å². The summed E-state index contributed by atoms with van der Waals surface area (Å²) < 4.78 is 13.1. The molecule has 1 aromatic carbocycles. The number of nitrogens with one attached hydrogen (secondary N) is 1. The van der Waals surface area contributed by atoms with Gasteiger partial charge in [0.25, 0.3) is 0 Å². The van der Waals surface area contributed by atoms with Gasteiger partial charge in [-0.2, -0.15) is 0 Å². The molecule has 1 unspecified atom stereocenters. The fourth-order valence-corrected chi connectivity index (χ4v) is 2.36. The molecule has 0 aliphatic carbocycles. The third-order valence-electron chi connectivity index (χ3n) is 3.47. The summed E-state index contributed by atoms with van der Waals surface area (Å²) in [4.78, 5) is 36.7. The van der Waals surface area contributed by atoms with Crippen LogP contribution in [-0.4, -0.2) is 29.3 Å². The molecule has 0 saturated carbocycles. The first kappa shape index (κ1) is 15.2.